The van der Waals surface area contributed by atoms with E-state index in [1.54, 1.807) is 0 Å². The largest absolute Gasteiger partial charge is 0.414 e. The third-order valence-electron chi connectivity index (χ3n) is 3.04. The maximum absolute atomic E-state index is 12.0. The lowest BCUT2D eigenvalue weighted by Crippen LogP contribution is -2.28. The minimum absolute atomic E-state index is 0.193. The zero-order valence-corrected chi connectivity index (χ0v) is 11.8. The summed E-state index contributed by atoms with van der Waals surface area (Å²) in [6.45, 7) is 3.64. The van der Waals surface area contributed by atoms with Crippen molar-refractivity contribution in [1.29, 1.82) is 0 Å². The molecular formula is C14H27F3O2. The van der Waals surface area contributed by atoms with Crippen LogP contribution in [0.25, 0.3) is 0 Å². The van der Waals surface area contributed by atoms with Gasteiger partial charge in [0.1, 0.15) is 6.10 Å². The fourth-order valence-electron chi connectivity index (χ4n) is 1.79. The molecule has 0 rings (SSSR count). The van der Waals surface area contributed by atoms with Gasteiger partial charge in [0.05, 0.1) is 0 Å². The van der Waals surface area contributed by atoms with Crippen molar-refractivity contribution in [2.75, 3.05) is 13.2 Å². The number of aliphatic hydroxyl groups is 1. The van der Waals surface area contributed by atoms with Gasteiger partial charge in [-0.05, 0) is 19.3 Å². The van der Waals surface area contributed by atoms with Gasteiger partial charge in [-0.2, -0.15) is 13.2 Å². The number of rotatable bonds is 12. The molecule has 5 heteroatoms. The van der Waals surface area contributed by atoms with Crippen molar-refractivity contribution in [2.45, 2.75) is 77.0 Å². The zero-order chi connectivity index (χ0) is 14.6. The second-order valence-electron chi connectivity index (χ2n) is 4.93. The van der Waals surface area contributed by atoms with Crippen LogP contribution in [0.3, 0.4) is 0 Å². The van der Waals surface area contributed by atoms with E-state index >= 15 is 0 Å². The van der Waals surface area contributed by atoms with E-state index < -0.39 is 12.3 Å². The Hall–Kier alpha value is -0.290. The molecule has 0 spiro atoms. The third kappa shape index (κ3) is 12.5. The molecule has 0 aromatic rings. The average molecular weight is 284 g/mol. The molecule has 1 N–H and O–H groups in total. The smallest absolute Gasteiger partial charge is 0.384 e. The van der Waals surface area contributed by atoms with E-state index in [1.165, 1.54) is 19.3 Å². The predicted octanol–water partition coefficient (Wildman–Crippen LogP) is 4.46. The van der Waals surface area contributed by atoms with E-state index in [1.807, 2.05) is 0 Å². The molecule has 0 amide bonds. The maximum atomic E-state index is 12.0. The molecule has 0 heterocycles. The molecule has 0 fully saturated rings. The number of unbranched alkanes of at least 4 members (excludes halogenated alkanes) is 6. The Kier molecular flexibility index (Phi) is 11.4. The van der Waals surface area contributed by atoms with Gasteiger partial charge < -0.3 is 9.84 Å². The van der Waals surface area contributed by atoms with Crippen LogP contribution in [0.5, 0.6) is 0 Å². The highest BCUT2D eigenvalue weighted by Crippen LogP contribution is 2.23. The van der Waals surface area contributed by atoms with Crippen LogP contribution >= 0.6 is 0 Å². The summed E-state index contributed by atoms with van der Waals surface area (Å²) in [4.78, 5) is 0. The van der Waals surface area contributed by atoms with Gasteiger partial charge in [0.25, 0.3) is 0 Å². The van der Waals surface area contributed by atoms with Gasteiger partial charge in [-0.3, -0.25) is 0 Å². The minimum atomic E-state index is -4.47. The van der Waals surface area contributed by atoms with Crippen molar-refractivity contribution in [3.8, 4) is 0 Å². The molecule has 0 radical (unpaired) electrons. The van der Waals surface area contributed by atoms with Crippen LogP contribution in [0, 0.1) is 0 Å². The van der Waals surface area contributed by atoms with Crippen molar-refractivity contribution in [3.63, 3.8) is 0 Å². The first-order valence-electron chi connectivity index (χ1n) is 7.31. The molecule has 0 aliphatic heterocycles. The monoisotopic (exact) mass is 284 g/mol. The van der Waals surface area contributed by atoms with E-state index in [4.69, 9.17) is 9.84 Å². The Labute approximate surface area is 114 Å². The lowest BCUT2D eigenvalue weighted by molar-refractivity contribution is -0.205. The fraction of sp³-hybridized carbons (Fsp3) is 1.00. The third-order valence-corrected chi connectivity index (χ3v) is 3.04. The average Bonchev–Trinajstić information content (AvgIpc) is 2.34. The van der Waals surface area contributed by atoms with Gasteiger partial charge in [0.15, 0.2) is 0 Å². The van der Waals surface area contributed by atoms with Gasteiger partial charge in [-0.15, -0.1) is 0 Å². The predicted molar refractivity (Wildman–Crippen MR) is 70.1 cm³/mol. The molecule has 0 aliphatic carbocycles. The van der Waals surface area contributed by atoms with Crippen LogP contribution in [-0.4, -0.2) is 30.6 Å². The molecule has 0 saturated heterocycles. The highest BCUT2D eigenvalue weighted by atomic mass is 19.4. The Balaban J connectivity index is 3.15. The van der Waals surface area contributed by atoms with Crippen LogP contribution in [0.1, 0.15) is 64.7 Å². The number of hydrogen-bond donors (Lipinski definition) is 1. The first-order valence-corrected chi connectivity index (χ1v) is 7.31. The van der Waals surface area contributed by atoms with E-state index in [-0.39, 0.29) is 6.42 Å². The van der Waals surface area contributed by atoms with E-state index in [2.05, 4.69) is 6.92 Å². The Morgan fingerprint density at radius 1 is 0.895 bits per heavy atom. The summed E-state index contributed by atoms with van der Waals surface area (Å²) < 4.78 is 41.4. The molecule has 0 aromatic carbocycles. The summed E-state index contributed by atoms with van der Waals surface area (Å²) in [5.74, 6) is 0. The molecule has 0 aromatic heterocycles. The van der Waals surface area contributed by atoms with Gasteiger partial charge in [0.2, 0.25) is 0 Å². The summed E-state index contributed by atoms with van der Waals surface area (Å²) in [5, 5.41) is 8.78. The van der Waals surface area contributed by atoms with Crippen molar-refractivity contribution >= 4 is 0 Å². The molecule has 19 heavy (non-hydrogen) atoms. The summed E-state index contributed by atoms with van der Waals surface area (Å²) in [6, 6.07) is 0. The second kappa shape index (κ2) is 11.5. The molecular weight excluding hydrogens is 257 g/mol. The highest BCUT2D eigenvalue weighted by molar-refractivity contribution is 4.64. The van der Waals surface area contributed by atoms with E-state index in [9.17, 15) is 13.2 Å². The zero-order valence-electron chi connectivity index (χ0n) is 11.8. The molecule has 1 unspecified atom stereocenters. The summed E-state index contributed by atoms with van der Waals surface area (Å²) >= 11 is 0. The number of aliphatic hydroxyl groups excluding tert-OH is 1. The topological polar surface area (TPSA) is 29.5 Å². The Morgan fingerprint density at radius 2 is 1.42 bits per heavy atom. The van der Waals surface area contributed by atoms with Crippen LogP contribution < -0.4 is 0 Å². The van der Waals surface area contributed by atoms with Crippen molar-refractivity contribution in [1.82, 2.24) is 0 Å². The quantitative estimate of drug-likeness (QED) is 0.536. The van der Waals surface area contributed by atoms with Crippen LogP contribution in [0.15, 0.2) is 0 Å². The number of ether oxygens (including phenoxy) is 1. The highest BCUT2D eigenvalue weighted by Gasteiger charge is 2.37. The Bertz CT molecular complexity index is 196. The van der Waals surface area contributed by atoms with Crippen LogP contribution in [0.2, 0.25) is 0 Å². The molecule has 0 saturated carbocycles. The van der Waals surface area contributed by atoms with Crippen LogP contribution in [-0.2, 0) is 4.74 Å². The summed E-state index contributed by atoms with van der Waals surface area (Å²) in [6.07, 6.45) is 0.788. The Morgan fingerprint density at radius 3 is 1.95 bits per heavy atom. The summed E-state index contributed by atoms with van der Waals surface area (Å²) in [7, 11) is 0. The molecule has 0 bridgehead atoms. The van der Waals surface area contributed by atoms with Gasteiger partial charge in [-0.25, -0.2) is 0 Å². The van der Waals surface area contributed by atoms with Crippen molar-refractivity contribution in [3.05, 3.63) is 0 Å². The lowest BCUT2D eigenvalue weighted by atomic mass is 10.1. The SMILES string of the molecule is CCCCCCOCCCCCCC(O)C(F)(F)F. The number of alkyl halides is 3. The van der Waals surface area contributed by atoms with Crippen molar-refractivity contribution < 1.29 is 23.0 Å². The molecule has 0 aliphatic rings. The van der Waals surface area contributed by atoms with Gasteiger partial charge >= 0.3 is 6.18 Å². The van der Waals surface area contributed by atoms with E-state index in [0.717, 1.165) is 25.9 Å². The first kappa shape index (κ1) is 18.7. The minimum Gasteiger partial charge on any atom is -0.384 e. The van der Waals surface area contributed by atoms with E-state index in [0.29, 0.717) is 19.4 Å². The summed E-state index contributed by atoms with van der Waals surface area (Å²) in [5.41, 5.74) is 0. The molecule has 2 nitrogen and oxygen atoms in total. The second-order valence-corrected chi connectivity index (χ2v) is 4.93. The fourth-order valence-corrected chi connectivity index (χ4v) is 1.79. The normalized spacial score (nSPS) is 13.7. The number of halogens is 3. The van der Waals surface area contributed by atoms with Gasteiger partial charge in [0, 0.05) is 13.2 Å². The van der Waals surface area contributed by atoms with Gasteiger partial charge in [-0.1, -0.05) is 45.4 Å². The van der Waals surface area contributed by atoms with Crippen molar-refractivity contribution in [2.24, 2.45) is 0 Å². The standard InChI is InChI=1S/C14H27F3O2/c1-2-3-4-8-11-19-12-9-6-5-7-10-13(18)14(15,16)17/h13,18H,2-12H2,1H3. The first-order chi connectivity index (χ1) is 8.98. The molecule has 116 valence electrons. The maximum Gasteiger partial charge on any atom is 0.414 e. The lowest BCUT2D eigenvalue weighted by Gasteiger charge is -2.13. The number of hydrogen-bond acceptors (Lipinski definition) is 2. The molecule has 1 atom stereocenters. The van der Waals surface area contributed by atoms with Crippen LogP contribution in [0.4, 0.5) is 13.2 Å².